The van der Waals surface area contributed by atoms with Crippen LogP contribution in [0.3, 0.4) is 0 Å². The second-order valence-electron chi connectivity index (χ2n) is 7.74. The van der Waals surface area contributed by atoms with Crippen LogP contribution in [0.25, 0.3) is 0 Å². The van der Waals surface area contributed by atoms with Crippen LogP contribution in [0.5, 0.6) is 5.75 Å². The van der Waals surface area contributed by atoms with Crippen molar-refractivity contribution in [3.05, 3.63) is 54.6 Å². The number of carbonyl (C=O) groups is 2. The number of carboxylic acid groups (broad SMARTS) is 1. The van der Waals surface area contributed by atoms with Gasteiger partial charge in [-0.15, -0.1) is 0 Å². The Morgan fingerprint density at radius 1 is 0.903 bits per heavy atom. The molecule has 0 bridgehead atoms. The number of anilines is 2. The molecular weight excluding hydrogens is 398 g/mol. The highest BCUT2D eigenvalue weighted by Crippen LogP contribution is 2.31. The molecule has 0 saturated heterocycles. The summed E-state index contributed by atoms with van der Waals surface area (Å²) in [4.78, 5) is 25.1. The number of ether oxygens (including phenoxy) is 3. The number of methoxy groups -OCH3 is 1. The van der Waals surface area contributed by atoms with Gasteiger partial charge in [-0.05, 0) is 73.9 Å². The first-order chi connectivity index (χ1) is 15.1. The molecule has 0 unspecified atom stereocenters. The van der Waals surface area contributed by atoms with E-state index in [1.165, 1.54) is 0 Å². The number of para-hydroxylation sites is 1. The maximum atomic E-state index is 13.0. The number of hydrogen-bond acceptors (Lipinski definition) is 5. The fraction of sp³-hybridized carbons (Fsp3) is 0.417. The van der Waals surface area contributed by atoms with Gasteiger partial charge in [0.1, 0.15) is 12.4 Å². The lowest BCUT2D eigenvalue weighted by Gasteiger charge is -2.29. The van der Waals surface area contributed by atoms with Gasteiger partial charge in [0.2, 0.25) is 0 Å². The molecule has 7 nitrogen and oxygen atoms in total. The molecule has 1 aliphatic rings. The van der Waals surface area contributed by atoms with E-state index in [0.717, 1.165) is 31.4 Å². The summed E-state index contributed by atoms with van der Waals surface area (Å²) in [6.07, 6.45) is 3.35. The molecule has 0 atom stereocenters. The van der Waals surface area contributed by atoms with E-state index in [1.807, 2.05) is 54.6 Å². The van der Waals surface area contributed by atoms with Crippen LogP contribution in [0.1, 0.15) is 25.7 Å². The summed E-state index contributed by atoms with van der Waals surface area (Å²) in [5.74, 6) is 0.439. The predicted molar refractivity (Wildman–Crippen MR) is 117 cm³/mol. The number of carbonyl (C=O) groups excluding carboxylic acids is 1. The summed E-state index contributed by atoms with van der Waals surface area (Å²) in [7, 11) is 1.60. The lowest BCUT2D eigenvalue weighted by molar-refractivity contribution is -0.142. The summed E-state index contributed by atoms with van der Waals surface area (Å²) in [6, 6.07) is 16.7. The monoisotopic (exact) mass is 427 g/mol. The van der Waals surface area contributed by atoms with Gasteiger partial charge < -0.3 is 19.3 Å². The molecule has 3 rings (SSSR count). The van der Waals surface area contributed by atoms with Crippen LogP contribution in [0.15, 0.2) is 54.6 Å². The van der Waals surface area contributed by atoms with Crippen molar-refractivity contribution < 1.29 is 28.9 Å². The number of carboxylic acids is 1. The molecule has 1 saturated carbocycles. The Morgan fingerprint density at radius 3 is 2.06 bits per heavy atom. The van der Waals surface area contributed by atoms with Gasteiger partial charge in [-0.25, -0.2) is 14.5 Å². The van der Waals surface area contributed by atoms with Gasteiger partial charge in [-0.1, -0.05) is 18.2 Å². The normalized spacial score (nSPS) is 18.2. The molecule has 0 heterocycles. The van der Waals surface area contributed by atoms with Crippen molar-refractivity contribution >= 4 is 23.4 Å². The second-order valence-corrected chi connectivity index (χ2v) is 7.74. The molecule has 2 aromatic carbocycles. The van der Waals surface area contributed by atoms with E-state index >= 15 is 0 Å². The molecular formula is C24H29NO6. The number of rotatable bonds is 9. The van der Waals surface area contributed by atoms with Crippen LogP contribution >= 0.6 is 0 Å². The lowest BCUT2D eigenvalue weighted by Crippen LogP contribution is -2.30. The van der Waals surface area contributed by atoms with Crippen LogP contribution in [0.2, 0.25) is 0 Å². The summed E-state index contributed by atoms with van der Waals surface area (Å²) in [5, 5.41) is 8.66. The number of nitrogens with zero attached hydrogens (tertiary/aromatic N) is 1. The van der Waals surface area contributed by atoms with Gasteiger partial charge >= 0.3 is 12.1 Å². The van der Waals surface area contributed by atoms with Gasteiger partial charge in [0.15, 0.2) is 0 Å². The Hall–Kier alpha value is -3.06. The number of aliphatic carboxylic acids is 1. The first-order valence-electron chi connectivity index (χ1n) is 10.5. The molecule has 166 valence electrons. The summed E-state index contributed by atoms with van der Waals surface area (Å²) < 4.78 is 16.1. The molecule has 2 aromatic rings. The minimum Gasteiger partial charge on any atom is -0.497 e. The van der Waals surface area contributed by atoms with Gasteiger partial charge in [-0.3, -0.25) is 0 Å². The Labute approximate surface area is 182 Å². The van der Waals surface area contributed by atoms with Gasteiger partial charge in [-0.2, -0.15) is 0 Å². The number of benzene rings is 2. The molecule has 0 spiro atoms. The lowest BCUT2D eigenvalue weighted by atomic mass is 9.83. The minimum absolute atomic E-state index is 0.252. The highest BCUT2D eigenvalue weighted by Gasteiger charge is 2.25. The van der Waals surface area contributed by atoms with Gasteiger partial charge in [0.05, 0.1) is 31.7 Å². The highest BCUT2D eigenvalue weighted by atomic mass is 16.6. The zero-order chi connectivity index (χ0) is 22.1. The highest BCUT2D eigenvalue weighted by molar-refractivity contribution is 5.96. The number of amides is 1. The van der Waals surface area contributed by atoms with E-state index in [-0.39, 0.29) is 6.61 Å². The molecule has 1 N–H and O–H groups in total. The Bertz CT molecular complexity index is 831. The molecule has 1 aliphatic carbocycles. The van der Waals surface area contributed by atoms with Crippen LogP contribution in [-0.4, -0.2) is 44.1 Å². The van der Waals surface area contributed by atoms with E-state index in [9.17, 15) is 9.59 Å². The fourth-order valence-electron chi connectivity index (χ4n) is 3.80. The minimum atomic E-state index is -0.944. The number of hydrogen-bond donors (Lipinski definition) is 1. The van der Waals surface area contributed by atoms with Crippen LogP contribution in [-0.2, 0) is 14.3 Å². The van der Waals surface area contributed by atoms with Crippen molar-refractivity contribution in [3.8, 4) is 5.75 Å². The fourth-order valence-corrected chi connectivity index (χ4v) is 3.80. The van der Waals surface area contributed by atoms with Crippen molar-refractivity contribution in [2.45, 2.75) is 25.7 Å². The van der Waals surface area contributed by atoms with Crippen LogP contribution < -0.4 is 9.64 Å². The Balaban J connectivity index is 1.56. The van der Waals surface area contributed by atoms with Crippen molar-refractivity contribution in [2.75, 3.05) is 31.8 Å². The van der Waals surface area contributed by atoms with Gasteiger partial charge in [0.25, 0.3) is 0 Å². The van der Waals surface area contributed by atoms with E-state index in [4.69, 9.17) is 19.3 Å². The maximum Gasteiger partial charge on any atom is 0.418 e. The van der Waals surface area contributed by atoms with Crippen molar-refractivity contribution in [3.63, 3.8) is 0 Å². The zero-order valence-electron chi connectivity index (χ0n) is 17.7. The molecule has 7 heteroatoms. The van der Waals surface area contributed by atoms with Crippen LogP contribution in [0, 0.1) is 11.8 Å². The summed E-state index contributed by atoms with van der Waals surface area (Å²) in [6.45, 7) is 0.581. The maximum absolute atomic E-state index is 13.0. The molecule has 0 radical (unpaired) electrons. The Kier molecular flexibility index (Phi) is 8.29. The van der Waals surface area contributed by atoms with Crippen LogP contribution in [0.4, 0.5) is 16.2 Å². The van der Waals surface area contributed by atoms with E-state index in [0.29, 0.717) is 36.5 Å². The molecule has 0 aliphatic heterocycles. The first kappa shape index (κ1) is 22.6. The molecule has 31 heavy (non-hydrogen) atoms. The third kappa shape index (κ3) is 6.72. The summed E-state index contributed by atoms with van der Waals surface area (Å²) >= 11 is 0. The average molecular weight is 427 g/mol. The van der Waals surface area contributed by atoms with Crippen molar-refractivity contribution in [1.82, 2.24) is 0 Å². The molecule has 1 fully saturated rings. The third-order valence-electron chi connectivity index (χ3n) is 5.52. The molecule has 0 aromatic heterocycles. The van der Waals surface area contributed by atoms with Crippen molar-refractivity contribution in [1.29, 1.82) is 0 Å². The molecule has 1 amide bonds. The Morgan fingerprint density at radius 2 is 1.48 bits per heavy atom. The van der Waals surface area contributed by atoms with E-state index in [1.54, 1.807) is 12.0 Å². The zero-order valence-corrected chi connectivity index (χ0v) is 17.7. The standard InChI is InChI=1S/C24H29NO6/c1-29-22-13-11-21(12-14-22)25(20-5-3-2-4-6-20)24(28)31-16-19-9-7-18(8-10-19)15-30-17-23(26)27/h2-6,11-14,18-19H,7-10,15-17H2,1H3,(H,26,27)/t18-,19+. The summed E-state index contributed by atoms with van der Waals surface area (Å²) in [5.41, 5.74) is 1.44. The average Bonchev–Trinajstić information content (AvgIpc) is 2.80. The SMILES string of the molecule is COc1ccc(N(C(=O)OC[C@H]2CC[C@@H](COCC(=O)O)CC2)c2ccccc2)cc1. The second kappa shape index (κ2) is 11.4. The largest absolute Gasteiger partial charge is 0.497 e. The quantitative estimate of drug-likeness (QED) is 0.614. The van der Waals surface area contributed by atoms with Crippen molar-refractivity contribution in [2.24, 2.45) is 11.8 Å². The smallest absolute Gasteiger partial charge is 0.418 e. The third-order valence-corrected chi connectivity index (χ3v) is 5.52. The first-order valence-corrected chi connectivity index (χ1v) is 10.5. The van der Waals surface area contributed by atoms with Gasteiger partial charge in [0, 0.05) is 0 Å². The predicted octanol–water partition coefficient (Wildman–Crippen LogP) is 4.88. The van der Waals surface area contributed by atoms with E-state index in [2.05, 4.69) is 0 Å². The van der Waals surface area contributed by atoms with E-state index < -0.39 is 12.1 Å². The topological polar surface area (TPSA) is 85.3 Å².